The van der Waals surface area contributed by atoms with Crippen LogP contribution in [0.1, 0.15) is 46.2 Å². The third-order valence-electron chi connectivity index (χ3n) is 3.59. The number of anilines is 2. The molecule has 0 bridgehead atoms. The second-order valence-electron chi connectivity index (χ2n) is 6.10. The molecule has 0 aliphatic carbocycles. The molecule has 0 amide bonds. The highest BCUT2D eigenvalue weighted by Gasteiger charge is 2.19. The van der Waals surface area contributed by atoms with Gasteiger partial charge in [0, 0.05) is 12.1 Å². The molecule has 2 aromatic rings. The molecule has 1 heterocycles. The van der Waals surface area contributed by atoms with Crippen molar-refractivity contribution in [3.05, 3.63) is 41.2 Å². The minimum absolute atomic E-state index is 0.0778. The lowest BCUT2D eigenvalue weighted by Gasteiger charge is -2.30. The van der Waals surface area contributed by atoms with Gasteiger partial charge in [0.15, 0.2) is 0 Å². The van der Waals surface area contributed by atoms with E-state index in [0.29, 0.717) is 11.9 Å². The van der Waals surface area contributed by atoms with Crippen LogP contribution in [0.4, 0.5) is 11.9 Å². The summed E-state index contributed by atoms with van der Waals surface area (Å²) in [4.78, 5) is 15.2. The molecule has 1 N–H and O–H groups in total. The van der Waals surface area contributed by atoms with Crippen LogP contribution in [-0.2, 0) is 0 Å². The molecule has 0 aliphatic heterocycles. The van der Waals surface area contributed by atoms with Crippen LogP contribution in [0, 0.1) is 0 Å². The van der Waals surface area contributed by atoms with Crippen LogP contribution >= 0.6 is 11.6 Å². The van der Waals surface area contributed by atoms with Crippen LogP contribution in [0.2, 0.25) is 5.28 Å². The van der Waals surface area contributed by atoms with Crippen LogP contribution in [0.25, 0.3) is 0 Å². The molecule has 1 unspecified atom stereocenters. The van der Waals surface area contributed by atoms with E-state index in [2.05, 4.69) is 71.9 Å². The van der Waals surface area contributed by atoms with Crippen molar-refractivity contribution in [1.82, 2.24) is 15.0 Å². The smallest absolute Gasteiger partial charge is 0.231 e. The van der Waals surface area contributed by atoms with E-state index in [1.165, 1.54) is 0 Å². The maximum Gasteiger partial charge on any atom is 0.231 e. The van der Waals surface area contributed by atoms with E-state index in [9.17, 15) is 0 Å². The summed E-state index contributed by atoms with van der Waals surface area (Å²) in [6.45, 7) is 10.5. The fourth-order valence-electron chi connectivity index (χ4n) is 2.60. The zero-order chi connectivity index (χ0) is 17.0. The van der Waals surface area contributed by atoms with Gasteiger partial charge in [-0.05, 0) is 51.8 Å². The number of nitrogens with zero attached hydrogens (tertiary/aromatic N) is 4. The highest BCUT2D eigenvalue weighted by atomic mass is 35.5. The van der Waals surface area contributed by atoms with Crippen LogP contribution in [0.5, 0.6) is 0 Å². The van der Waals surface area contributed by atoms with E-state index in [0.717, 1.165) is 5.56 Å². The van der Waals surface area contributed by atoms with Crippen molar-refractivity contribution in [3.63, 3.8) is 0 Å². The molecular formula is C17H24ClN5. The lowest BCUT2D eigenvalue weighted by molar-refractivity contribution is 0.589. The van der Waals surface area contributed by atoms with Crippen molar-refractivity contribution in [2.75, 3.05) is 10.2 Å². The molecule has 6 heteroatoms. The Hall–Kier alpha value is -1.88. The highest BCUT2D eigenvalue weighted by Crippen LogP contribution is 2.21. The maximum atomic E-state index is 6.10. The van der Waals surface area contributed by atoms with E-state index < -0.39 is 0 Å². The predicted molar refractivity (Wildman–Crippen MR) is 96.1 cm³/mol. The summed E-state index contributed by atoms with van der Waals surface area (Å²) in [7, 11) is 0. The molecule has 0 spiro atoms. The monoisotopic (exact) mass is 333 g/mol. The van der Waals surface area contributed by atoms with Gasteiger partial charge in [0.05, 0.1) is 6.04 Å². The van der Waals surface area contributed by atoms with Crippen LogP contribution in [-0.4, -0.2) is 27.0 Å². The second kappa shape index (κ2) is 7.59. The van der Waals surface area contributed by atoms with Gasteiger partial charge in [-0.3, -0.25) is 0 Å². The Bertz CT molecular complexity index is 622. The van der Waals surface area contributed by atoms with Gasteiger partial charge in [-0.15, -0.1) is 0 Å². The first kappa shape index (κ1) is 17.5. The lowest BCUT2D eigenvalue weighted by atomic mass is 10.1. The molecule has 0 fully saturated rings. The molecule has 0 radical (unpaired) electrons. The molecule has 2 rings (SSSR count). The van der Waals surface area contributed by atoms with Gasteiger partial charge in [-0.1, -0.05) is 30.3 Å². The third-order valence-corrected chi connectivity index (χ3v) is 3.75. The maximum absolute atomic E-state index is 6.10. The summed E-state index contributed by atoms with van der Waals surface area (Å²) in [5, 5.41) is 3.50. The molecule has 0 saturated carbocycles. The van der Waals surface area contributed by atoms with E-state index in [-0.39, 0.29) is 23.4 Å². The first-order valence-corrected chi connectivity index (χ1v) is 8.27. The summed E-state index contributed by atoms with van der Waals surface area (Å²) in [5.41, 5.74) is 1.16. The van der Waals surface area contributed by atoms with Gasteiger partial charge < -0.3 is 10.2 Å². The van der Waals surface area contributed by atoms with Gasteiger partial charge in [-0.2, -0.15) is 15.0 Å². The van der Waals surface area contributed by atoms with Crippen molar-refractivity contribution in [2.45, 2.75) is 52.7 Å². The molecule has 1 aromatic carbocycles. The minimum atomic E-state index is 0.0778. The van der Waals surface area contributed by atoms with Crippen molar-refractivity contribution in [3.8, 4) is 0 Å². The normalized spacial score (nSPS) is 12.5. The molecule has 0 aliphatic rings. The SMILES string of the molecule is CC(Nc1nc(Cl)nc(N(C(C)C)C(C)C)n1)c1ccccc1. The predicted octanol–water partition coefficient (Wildman–Crippen LogP) is 4.32. The second-order valence-corrected chi connectivity index (χ2v) is 6.44. The molecular weight excluding hydrogens is 310 g/mol. The Morgan fingerprint density at radius 1 is 0.913 bits per heavy atom. The molecule has 0 saturated heterocycles. The van der Waals surface area contributed by atoms with Gasteiger partial charge in [0.25, 0.3) is 0 Å². The molecule has 124 valence electrons. The summed E-state index contributed by atoms with van der Waals surface area (Å²) >= 11 is 6.10. The van der Waals surface area contributed by atoms with Crippen molar-refractivity contribution < 1.29 is 0 Å². The fraction of sp³-hybridized carbons (Fsp3) is 0.471. The van der Waals surface area contributed by atoms with E-state index in [1.54, 1.807) is 0 Å². The molecule has 1 atom stereocenters. The fourth-order valence-corrected chi connectivity index (χ4v) is 2.75. The van der Waals surface area contributed by atoms with E-state index in [1.807, 2.05) is 18.2 Å². The largest absolute Gasteiger partial charge is 0.348 e. The number of rotatable bonds is 6. The van der Waals surface area contributed by atoms with E-state index in [4.69, 9.17) is 11.6 Å². The van der Waals surface area contributed by atoms with Gasteiger partial charge in [-0.25, -0.2) is 0 Å². The van der Waals surface area contributed by atoms with Crippen LogP contribution in [0.3, 0.4) is 0 Å². The summed E-state index contributed by atoms with van der Waals surface area (Å²) in [5.74, 6) is 1.08. The Labute approximate surface area is 143 Å². The standard InChI is InChI=1S/C17H24ClN5/c1-11(2)23(12(3)4)17-21-15(18)20-16(22-17)19-13(5)14-9-7-6-8-10-14/h6-13H,1-5H3,(H,19,20,21,22). The van der Waals surface area contributed by atoms with Crippen LogP contribution < -0.4 is 10.2 Å². The van der Waals surface area contributed by atoms with Gasteiger partial charge >= 0.3 is 0 Å². The Morgan fingerprint density at radius 3 is 2.09 bits per heavy atom. The quantitative estimate of drug-likeness (QED) is 0.853. The Morgan fingerprint density at radius 2 is 1.52 bits per heavy atom. The zero-order valence-corrected chi connectivity index (χ0v) is 15.0. The Balaban J connectivity index is 2.27. The Kier molecular flexibility index (Phi) is 5.77. The van der Waals surface area contributed by atoms with Crippen molar-refractivity contribution in [1.29, 1.82) is 0 Å². The first-order valence-electron chi connectivity index (χ1n) is 7.90. The van der Waals surface area contributed by atoms with Crippen molar-refractivity contribution in [2.24, 2.45) is 0 Å². The van der Waals surface area contributed by atoms with Gasteiger partial charge in [0.1, 0.15) is 0 Å². The molecule has 5 nitrogen and oxygen atoms in total. The number of aromatic nitrogens is 3. The van der Waals surface area contributed by atoms with E-state index >= 15 is 0 Å². The molecule has 23 heavy (non-hydrogen) atoms. The summed E-state index contributed by atoms with van der Waals surface area (Å²) < 4.78 is 0. The van der Waals surface area contributed by atoms with Crippen molar-refractivity contribution >= 4 is 23.5 Å². The zero-order valence-electron chi connectivity index (χ0n) is 14.3. The summed E-state index contributed by atoms with van der Waals surface area (Å²) in [6.07, 6.45) is 0. The van der Waals surface area contributed by atoms with Crippen LogP contribution in [0.15, 0.2) is 30.3 Å². The topological polar surface area (TPSA) is 53.9 Å². The third kappa shape index (κ3) is 4.55. The number of benzene rings is 1. The molecule has 1 aromatic heterocycles. The minimum Gasteiger partial charge on any atom is -0.348 e. The first-order chi connectivity index (χ1) is 10.9. The number of hydrogen-bond donors (Lipinski definition) is 1. The highest BCUT2D eigenvalue weighted by molar-refractivity contribution is 6.28. The summed E-state index contributed by atoms with van der Waals surface area (Å²) in [6, 6.07) is 10.8. The average molecular weight is 334 g/mol. The number of nitrogens with one attached hydrogen (secondary N) is 1. The average Bonchev–Trinajstić information content (AvgIpc) is 2.46. The number of halogens is 1. The lowest BCUT2D eigenvalue weighted by Crippen LogP contribution is -2.38. The number of hydrogen-bond acceptors (Lipinski definition) is 5. The van der Waals surface area contributed by atoms with Gasteiger partial charge in [0.2, 0.25) is 17.2 Å².